The highest BCUT2D eigenvalue weighted by atomic mass is 32.2. The quantitative estimate of drug-likeness (QED) is 0.273. The summed E-state index contributed by atoms with van der Waals surface area (Å²) < 4.78 is 5.30. The fourth-order valence-corrected chi connectivity index (χ4v) is 3.99. The minimum atomic E-state index is -0.822. The van der Waals surface area contributed by atoms with Crippen LogP contribution in [0.2, 0.25) is 0 Å². The van der Waals surface area contributed by atoms with Crippen LogP contribution >= 0.6 is 23.1 Å². The lowest BCUT2D eigenvalue weighted by atomic mass is 10.0. The lowest BCUT2D eigenvalue weighted by molar-refractivity contribution is -0.143. The van der Waals surface area contributed by atoms with Crippen LogP contribution in [0.3, 0.4) is 0 Å². The number of ether oxygens (including phenoxy) is 1. The van der Waals surface area contributed by atoms with Gasteiger partial charge in [0, 0.05) is 10.9 Å². The van der Waals surface area contributed by atoms with E-state index in [0.29, 0.717) is 5.56 Å². The van der Waals surface area contributed by atoms with Crippen molar-refractivity contribution in [1.82, 2.24) is 9.97 Å². The van der Waals surface area contributed by atoms with E-state index in [-0.39, 0.29) is 11.5 Å². The van der Waals surface area contributed by atoms with Gasteiger partial charge < -0.3 is 4.74 Å². The number of fused-ring (bicyclic) bond motifs is 1. The highest BCUT2D eigenvalue weighted by molar-refractivity contribution is 8.00. The van der Waals surface area contributed by atoms with Gasteiger partial charge in [0.15, 0.2) is 6.10 Å². The van der Waals surface area contributed by atoms with Crippen LogP contribution in [0, 0.1) is 13.8 Å². The number of rotatable bonds is 6. The van der Waals surface area contributed by atoms with E-state index in [0.717, 1.165) is 26.4 Å². The first kappa shape index (κ1) is 18.5. The first-order chi connectivity index (χ1) is 12.5. The second-order valence-corrected chi connectivity index (χ2v) is 7.76. The molecule has 0 saturated heterocycles. The topological polar surface area (TPSA) is 69.2 Å². The van der Waals surface area contributed by atoms with Gasteiger partial charge in [-0.15, -0.1) is 11.3 Å². The van der Waals surface area contributed by atoms with Gasteiger partial charge in [-0.25, -0.2) is 9.97 Å². The lowest BCUT2D eigenvalue weighted by Crippen LogP contribution is -2.25. The highest BCUT2D eigenvalue weighted by Crippen LogP contribution is 2.27. The predicted molar refractivity (Wildman–Crippen MR) is 104 cm³/mol. The Kier molecular flexibility index (Phi) is 5.68. The zero-order chi connectivity index (χ0) is 18.7. The maximum absolute atomic E-state index is 12.5. The average Bonchev–Trinajstić information content (AvgIpc) is 3.11. The molecule has 0 aliphatic carbocycles. The van der Waals surface area contributed by atoms with Crippen LogP contribution < -0.4 is 0 Å². The highest BCUT2D eigenvalue weighted by Gasteiger charge is 2.20. The number of hydrogen-bond donors (Lipinski definition) is 0. The van der Waals surface area contributed by atoms with E-state index in [1.165, 1.54) is 29.4 Å². The summed E-state index contributed by atoms with van der Waals surface area (Å²) in [5.74, 6) is -0.553. The maximum atomic E-state index is 12.5. The maximum Gasteiger partial charge on any atom is 0.317 e. The molecule has 7 heteroatoms. The fraction of sp³-hybridized carbons (Fsp3) is 0.263. The van der Waals surface area contributed by atoms with E-state index in [1.807, 2.05) is 37.4 Å². The molecule has 3 rings (SSSR count). The molecule has 0 N–H and O–H groups in total. The fourth-order valence-electron chi connectivity index (χ4n) is 2.42. The van der Waals surface area contributed by atoms with E-state index in [9.17, 15) is 9.59 Å². The van der Waals surface area contributed by atoms with Crippen molar-refractivity contribution in [3.05, 3.63) is 52.7 Å². The number of hydrogen-bond acceptors (Lipinski definition) is 7. The summed E-state index contributed by atoms with van der Waals surface area (Å²) in [5, 5.41) is 3.60. The zero-order valence-electron chi connectivity index (χ0n) is 14.7. The molecule has 1 aromatic carbocycles. The minimum Gasteiger partial charge on any atom is -0.454 e. The smallest absolute Gasteiger partial charge is 0.317 e. The second-order valence-electron chi connectivity index (χ2n) is 5.90. The zero-order valence-corrected chi connectivity index (χ0v) is 16.3. The van der Waals surface area contributed by atoms with Crippen molar-refractivity contribution in [2.45, 2.75) is 31.9 Å². The molecule has 0 aliphatic rings. The van der Waals surface area contributed by atoms with Gasteiger partial charge in [0.25, 0.3) is 0 Å². The summed E-state index contributed by atoms with van der Waals surface area (Å²) in [4.78, 5) is 33.9. The second kappa shape index (κ2) is 7.97. The minimum absolute atomic E-state index is 0.0898. The summed E-state index contributed by atoms with van der Waals surface area (Å²) in [6, 6.07) is 7.41. The summed E-state index contributed by atoms with van der Waals surface area (Å²) in [6.07, 6.45) is 0.662. The van der Waals surface area contributed by atoms with Crippen molar-refractivity contribution in [3.63, 3.8) is 0 Å². The first-order valence-corrected chi connectivity index (χ1v) is 9.94. The molecule has 2 heterocycles. The van der Waals surface area contributed by atoms with Gasteiger partial charge in [0.1, 0.15) is 16.2 Å². The molecule has 0 unspecified atom stereocenters. The Balaban J connectivity index is 1.59. The normalized spacial score (nSPS) is 12.1. The van der Waals surface area contributed by atoms with Crippen LogP contribution in [0.25, 0.3) is 10.2 Å². The Morgan fingerprint density at radius 1 is 1.19 bits per heavy atom. The summed E-state index contributed by atoms with van der Waals surface area (Å²) in [5.41, 5.74) is 2.71. The number of esters is 1. The van der Waals surface area contributed by atoms with Gasteiger partial charge in [-0.3, -0.25) is 9.59 Å². The SMILES string of the molecule is Cc1ccc(C(=O)[C@@H](C)OC(=O)CSc2ncnc3sccc23)cc1C. The van der Waals surface area contributed by atoms with Crippen molar-refractivity contribution < 1.29 is 14.3 Å². The molecular formula is C19H18N2O3S2. The molecule has 3 aromatic rings. The molecule has 0 radical (unpaired) electrons. The summed E-state index contributed by atoms with van der Waals surface area (Å²) in [7, 11) is 0. The Morgan fingerprint density at radius 3 is 2.77 bits per heavy atom. The van der Waals surface area contributed by atoms with Crippen molar-refractivity contribution in [2.75, 3.05) is 5.75 Å². The van der Waals surface area contributed by atoms with Crippen molar-refractivity contribution in [1.29, 1.82) is 0 Å². The largest absolute Gasteiger partial charge is 0.454 e. The van der Waals surface area contributed by atoms with Crippen LogP contribution in [0.15, 0.2) is 41.0 Å². The number of benzene rings is 1. The number of Topliss-reactive ketones (excluding diaryl/α,β-unsaturated/α-hetero) is 1. The van der Waals surface area contributed by atoms with Gasteiger partial charge in [-0.1, -0.05) is 23.9 Å². The molecule has 1 atom stereocenters. The molecule has 0 bridgehead atoms. The number of carbonyl (C=O) groups excluding carboxylic acids is 2. The van der Waals surface area contributed by atoms with Crippen LogP contribution in [0.5, 0.6) is 0 Å². The van der Waals surface area contributed by atoms with Gasteiger partial charge in [0.05, 0.1) is 5.75 Å². The van der Waals surface area contributed by atoms with Crippen LogP contribution in [-0.2, 0) is 9.53 Å². The number of thiophene rings is 1. The van der Waals surface area contributed by atoms with Gasteiger partial charge >= 0.3 is 5.97 Å². The molecule has 5 nitrogen and oxygen atoms in total. The van der Waals surface area contributed by atoms with Crippen LogP contribution in [0.1, 0.15) is 28.4 Å². The molecule has 134 valence electrons. The number of carbonyl (C=O) groups is 2. The number of aryl methyl sites for hydroxylation is 2. The van der Waals surface area contributed by atoms with Crippen molar-refractivity contribution >= 4 is 45.1 Å². The van der Waals surface area contributed by atoms with Crippen LogP contribution in [0.4, 0.5) is 0 Å². The molecule has 2 aromatic heterocycles. The van der Waals surface area contributed by atoms with Gasteiger partial charge in [0.2, 0.25) is 5.78 Å². The summed E-state index contributed by atoms with van der Waals surface area (Å²) in [6.45, 7) is 5.54. The Bertz CT molecular complexity index is 968. The first-order valence-electron chi connectivity index (χ1n) is 8.07. The van der Waals surface area contributed by atoms with Crippen LogP contribution in [-0.4, -0.2) is 33.6 Å². The third-order valence-corrected chi connectivity index (χ3v) is 5.82. The van der Waals surface area contributed by atoms with E-state index >= 15 is 0 Å². The van der Waals surface area contributed by atoms with E-state index in [4.69, 9.17) is 4.74 Å². The third-order valence-electron chi connectivity index (χ3n) is 4.02. The molecule has 0 amide bonds. The molecule has 0 spiro atoms. The molecule has 0 saturated carbocycles. The van der Waals surface area contributed by atoms with Gasteiger partial charge in [-0.2, -0.15) is 0 Å². The Labute approximate surface area is 159 Å². The number of ketones is 1. The standard InChI is InChI=1S/C19H18N2O3S2/c1-11-4-5-14(8-12(11)2)17(23)13(3)24-16(22)9-26-19-15-6-7-25-18(15)20-10-21-19/h4-8,10,13H,9H2,1-3H3/t13-/m1/s1. The van der Waals surface area contributed by atoms with E-state index in [2.05, 4.69) is 9.97 Å². The predicted octanol–water partition coefficient (Wildman–Crippen LogP) is 4.21. The number of nitrogens with zero attached hydrogens (tertiary/aromatic N) is 2. The Morgan fingerprint density at radius 2 is 2.00 bits per heavy atom. The molecule has 0 aliphatic heterocycles. The monoisotopic (exact) mass is 386 g/mol. The molecule has 0 fully saturated rings. The lowest BCUT2D eigenvalue weighted by Gasteiger charge is -2.13. The summed E-state index contributed by atoms with van der Waals surface area (Å²) >= 11 is 2.81. The van der Waals surface area contributed by atoms with Gasteiger partial charge in [-0.05, 0) is 49.4 Å². The van der Waals surface area contributed by atoms with Crippen molar-refractivity contribution in [2.24, 2.45) is 0 Å². The van der Waals surface area contributed by atoms with E-state index in [1.54, 1.807) is 13.0 Å². The average molecular weight is 386 g/mol. The number of aromatic nitrogens is 2. The van der Waals surface area contributed by atoms with Crippen molar-refractivity contribution in [3.8, 4) is 0 Å². The molecular weight excluding hydrogens is 368 g/mol. The number of thioether (sulfide) groups is 1. The molecule has 26 heavy (non-hydrogen) atoms. The third kappa shape index (κ3) is 4.11. The Hall–Kier alpha value is -2.25. The van der Waals surface area contributed by atoms with E-state index < -0.39 is 12.1 Å².